The first-order chi connectivity index (χ1) is 13.1. The molecule has 0 bridgehead atoms. The van der Waals surface area contributed by atoms with Crippen LogP contribution in [0, 0.1) is 6.92 Å². The second-order valence-electron chi connectivity index (χ2n) is 6.98. The first-order valence-electron chi connectivity index (χ1n) is 9.66. The largest absolute Gasteiger partial charge is 0.497 e. The molecule has 2 aromatic carbocycles. The van der Waals surface area contributed by atoms with Gasteiger partial charge in [0.05, 0.1) is 12.8 Å². The molecule has 3 rings (SSSR count). The summed E-state index contributed by atoms with van der Waals surface area (Å²) in [4.78, 5) is 17.9. The smallest absolute Gasteiger partial charge is 0.161 e. The molecule has 2 aromatic rings. The molecule has 0 N–H and O–H groups in total. The van der Waals surface area contributed by atoms with Crippen molar-refractivity contribution in [1.82, 2.24) is 0 Å². The predicted molar refractivity (Wildman–Crippen MR) is 111 cm³/mol. The molecule has 1 heterocycles. The molecule has 0 amide bonds. The second kappa shape index (κ2) is 8.81. The van der Waals surface area contributed by atoms with E-state index in [0.29, 0.717) is 6.42 Å². The third-order valence-corrected chi connectivity index (χ3v) is 5.05. The Morgan fingerprint density at radius 1 is 1.07 bits per heavy atom. The number of allylic oxidation sites excluding steroid dienone is 1. The van der Waals surface area contributed by atoms with Gasteiger partial charge in [0.25, 0.3) is 0 Å². The second-order valence-corrected chi connectivity index (χ2v) is 6.98. The number of carbonyl (C=O) groups is 1. The van der Waals surface area contributed by atoms with Crippen molar-refractivity contribution in [3.05, 3.63) is 76.9 Å². The molecule has 0 saturated heterocycles. The van der Waals surface area contributed by atoms with Gasteiger partial charge in [-0.25, -0.2) is 0 Å². The minimum atomic E-state index is -0.211. The van der Waals surface area contributed by atoms with Crippen molar-refractivity contribution >= 4 is 11.5 Å². The summed E-state index contributed by atoms with van der Waals surface area (Å²) in [5.74, 6) is 1.02. The molecule has 3 nitrogen and oxygen atoms in total. The summed E-state index contributed by atoms with van der Waals surface area (Å²) >= 11 is 0. The van der Waals surface area contributed by atoms with E-state index in [1.807, 2.05) is 42.5 Å². The highest BCUT2D eigenvalue weighted by molar-refractivity contribution is 6.16. The number of aliphatic imine (C=N–C) groups is 1. The highest BCUT2D eigenvalue weighted by Gasteiger charge is 2.28. The molecule has 0 fully saturated rings. The minimum Gasteiger partial charge on any atom is -0.497 e. The normalized spacial score (nSPS) is 16.0. The number of carbonyl (C=O) groups excluding carboxylic acids is 1. The number of ether oxygens (including phenoxy) is 1. The van der Waals surface area contributed by atoms with Crippen LogP contribution in [-0.2, 0) is 4.79 Å². The zero-order chi connectivity index (χ0) is 19.2. The van der Waals surface area contributed by atoms with Crippen molar-refractivity contribution in [3.63, 3.8) is 0 Å². The Kier molecular flexibility index (Phi) is 6.23. The van der Waals surface area contributed by atoms with E-state index >= 15 is 0 Å². The number of rotatable bonds is 8. The molecule has 0 saturated carbocycles. The van der Waals surface area contributed by atoms with E-state index in [0.717, 1.165) is 53.0 Å². The van der Waals surface area contributed by atoms with Gasteiger partial charge >= 0.3 is 0 Å². The SMILES string of the molecule is CCCCCC(=O)C1=CC(c2ccc(OC)cc2)=NC1c1ccccc1C. The van der Waals surface area contributed by atoms with Gasteiger partial charge in [-0.3, -0.25) is 9.79 Å². The molecule has 1 aliphatic heterocycles. The number of nitrogens with zero attached hydrogens (tertiary/aromatic N) is 1. The lowest BCUT2D eigenvalue weighted by Crippen LogP contribution is -2.09. The fraction of sp³-hybridized carbons (Fsp3) is 0.333. The lowest BCUT2D eigenvalue weighted by molar-refractivity contribution is -0.115. The van der Waals surface area contributed by atoms with Gasteiger partial charge in [0.1, 0.15) is 11.8 Å². The Bertz CT molecular complexity index is 862. The van der Waals surface area contributed by atoms with Crippen molar-refractivity contribution in [2.45, 2.75) is 45.6 Å². The van der Waals surface area contributed by atoms with Gasteiger partial charge in [0, 0.05) is 12.0 Å². The fourth-order valence-corrected chi connectivity index (χ4v) is 3.44. The molecule has 0 spiro atoms. The van der Waals surface area contributed by atoms with Crippen LogP contribution >= 0.6 is 0 Å². The standard InChI is InChI=1S/C24H27NO2/c1-4-5-6-11-23(26)21-16-22(18-12-14-19(27-3)15-13-18)25-24(21)20-10-8-7-9-17(20)2/h7-10,12-16,24H,4-6,11H2,1-3H3. The lowest BCUT2D eigenvalue weighted by atomic mass is 9.92. The Labute approximate surface area is 161 Å². The molecule has 1 aliphatic rings. The highest BCUT2D eigenvalue weighted by atomic mass is 16.5. The maximum Gasteiger partial charge on any atom is 0.161 e. The molecule has 1 atom stereocenters. The third-order valence-electron chi connectivity index (χ3n) is 5.05. The Morgan fingerprint density at radius 3 is 2.48 bits per heavy atom. The van der Waals surface area contributed by atoms with E-state index in [4.69, 9.17) is 9.73 Å². The van der Waals surface area contributed by atoms with Gasteiger partial charge in [-0.2, -0.15) is 0 Å². The molecule has 0 aromatic heterocycles. The average molecular weight is 361 g/mol. The van der Waals surface area contributed by atoms with Crippen LogP contribution in [0.2, 0.25) is 0 Å². The monoisotopic (exact) mass is 361 g/mol. The molecule has 0 radical (unpaired) electrons. The van der Waals surface area contributed by atoms with Gasteiger partial charge in [0.15, 0.2) is 5.78 Å². The summed E-state index contributed by atoms with van der Waals surface area (Å²) in [5, 5.41) is 0. The number of hydrogen-bond acceptors (Lipinski definition) is 3. The van der Waals surface area contributed by atoms with Crippen molar-refractivity contribution < 1.29 is 9.53 Å². The first kappa shape index (κ1) is 19.1. The summed E-state index contributed by atoms with van der Waals surface area (Å²) in [6.07, 6.45) is 5.70. The summed E-state index contributed by atoms with van der Waals surface area (Å²) < 4.78 is 5.24. The van der Waals surface area contributed by atoms with Crippen LogP contribution in [0.3, 0.4) is 0 Å². The number of methoxy groups -OCH3 is 1. The van der Waals surface area contributed by atoms with Crippen LogP contribution < -0.4 is 4.74 Å². The third kappa shape index (κ3) is 4.36. The van der Waals surface area contributed by atoms with Gasteiger partial charge in [-0.05, 0) is 60.4 Å². The zero-order valence-electron chi connectivity index (χ0n) is 16.4. The number of ketones is 1. The van der Waals surface area contributed by atoms with Crippen LogP contribution in [0.5, 0.6) is 5.75 Å². The van der Waals surface area contributed by atoms with Crippen molar-refractivity contribution in [2.75, 3.05) is 7.11 Å². The van der Waals surface area contributed by atoms with Gasteiger partial charge in [-0.1, -0.05) is 44.0 Å². The van der Waals surface area contributed by atoms with Gasteiger partial charge < -0.3 is 4.74 Å². The molecule has 3 heteroatoms. The Balaban J connectivity index is 1.94. The molecule has 140 valence electrons. The molecular weight excluding hydrogens is 334 g/mol. The number of benzene rings is 2. The van der Waals surface area contributed by atoms with E-state index in [9.17, 15) is 4.79 Å². The summed E-state index contributed by atoms with van der Waals surface area (Å²) in [7, 11) is 1.66. The maximum atomic E-state index is 12.9. The van der Waals surface area contributed by atoms with Crippen molar-refractivity contribution in [1.29, 1.82) is 0 Å². The molecule has 1 unspecified atom stereocenters. The van der Waals surface area contributed by atoms with Crippen LogP contribution in [0.15, 0.2) is 65.2 Å². The molecule has 0 aliphatic carbocycles. The predicted octanol–water partition coefficient (Wildman–Crippen LogP) is 5.62. The Hall–Kier alpha value is -2.68. The van der Waals surface area contributed by atoms with Gasteiger partial charge in [0.2, 0.25) is 0 Å². The number of aryl methyl sites for hydroxylation is 1. The summed E-state index contributed by atoms with van der Waals surface area (Å²) in [5.41, 5.74) is 4.95. The summed E-state index contributed by atoms with van der Waals surface area (Å²) in [6, 6.07) is 15.8. The van der Waals surface area contributed by atoms with Crippen molar-refractivity contribution in [2.24, 2.45) is 4.99 Å². The van der Waals surface area contributed by atoms with E-state index < -0.39 is 0 Å². The van der Waals surface area contributed by atoms with Crippen LogP contribution in [0.25, 0.3) is 0 Å². The van der Waals surface area contributed by atoms with E-state index in [-0.39, 0.29) is 11.8 Å². The first-order valence-corrected chi connectivity index (χ1v) is 9.66. The number of hydrogen-bond donors (Lipinski definition) is 0. The van der Waals surface area contributed by atoms with E-state index in [2.05, 4.69) is 26.0 Å². The van der Waals surface area contributed by atoms with Crippen LogP contribution in [0.1, 0.15) is 55.3 Å². The maximum absolute atomic E-state index is 12.9. The lowest BCUT2D eigenvalue weighted by Gasteiger charge is -2.15. The zero-order valence-corrected chi connectivity index (χ0v) is 16.4. The fourth-order valence-electron chi connectivity index (χ4n) is 3.44. The topological polar surface area (TPSA) is 38.7 Å². The Morgan fingerprint density at radius 2 is 1.81 bits per heavy atom. The van der Waals surface area contributed by atoms with Crippen LogP contribution in [0.4, 0.5) is 0 Å². The number of unbranched alkanes of at least 4 members (excludes halogenated alkanes) is 2. The van der Waals surface area contributed by atoms with E-state index in [1.54, 1.807) is 7.11 Å². The average Bonchev–Trinajstić information content (AvgIpc) is 3.14. The summed E-state index contributed by atoms with van der Waals surface area (Å²) in [6.45, 7) is 4.23. The number of Topliss-reactive ketones (excluding diaryl/α,β-unsaturated/α-hetero) is 1. The minimum absolute atomic E-state index is 0.211. The van der Waals surface area contributed by atoms with E-state index in [1.165, 1.54) is 0 Å². The molecular formula is C24H27NO2. The van der Waals surface area contributed by atoms with Gasteiger partial charge in [-0.15, -0.1) is 0 Å². The quantitative estimate of drug-likeness (QED) is 0.572. The molecule has 27 heavy (non-hydrogen) atoms. The van der Waals surface area contributed by atoms with Crippen molar-refractivity contribution in [3.8, 4) is 5.75 Å². The highest BCUT2D eigenvalue weighted by Crippen LogP contribution is 2.35. The van der Waals surface area contributed by atoms with Crippen LogP contribution in [-0.4, -0.2) is 18.6 Å².